The Bertz CT molecular complexity index is 351. The predicted molar refractivity (Wildman–Crippen MR) is 69.2 cm³/mol. The molecule has 0 unspecified atom stereocenters. The fraction of sp³-hybridized carbons (Fsp3) is 0.462. The first-order valence-electron chi connectivity index (χ1n) is 5.83. The quantitative estimate of drug-likeness (QED) is 0.350. The maximum absolute atomic E-state index is 11.6. The number of carbonyl (C=O) groups is 3. The number of nitrogens with zero attached hydrogens (tertiary/aromatic N) is 1. The molecule has 0 aliphatic heterocycles. The molecule has 6 heteroatoms. The normalized spacial score (nSPS) is 9.32. The van der Waals surface area contributed by atoms with E-state index >= 15 is 0 Å². The molecule has 0 aromatic carbocycles. The minimum Gasteiger partial charge on any atom is -0.463 e. The minimum absolute atomic E-state index is 0.107. The van der Waals surface area contributed by atoms with Crippen molar-refractivity contribution in [1.82, 2.24) is 4.90 Å². The molecule has 0 radical (unpaired) electrons. The van der Waals surface area contributed by atoms with E-state index in [0.717, 1.165) is 12.2 Å². The summed E-state index contributed by atoms with van der Waals surface area (Å²) in [6.45, 7) is 7.13. The number of esters is 2. The van der Waals surface area contributed by atoms with Crippen molar-refractivity contribution in [3.8, 4) is 0 Å². The van der Waals surface area contributed by atoms with Crippen LogP contribution in [0.3, 0.4) is 0 Å². The Morgan fingerprint density at radius 3 is 2.11 bits per heavy atom. The summed E-state index contributed by atoms with van der Waals surface area (Å²) in [5, 5.41) is 0. The van der Waals surface area contributed by atoms with E-state index in [1.54, 1.807) is 7.05 Å². The van der Waals surface area contributed by atoms with E-state index in [1.807, 2.05) is 0 Å². The van der Waals surface area contributed by atoms with Crippen LogP contribution in [0, 0.1) is 0 Å². The van der Waals surface area contributed by atoms with Crippen molar-refractivity contribution in [3.05, 3.63) is 25.3 Å². The first-order chi connectivity index (χ1) is 9.01. The minimum atomic E-state index is -0.516. The Morgan fingerprint density at radius 1 is 1.05 bits per heavy atom. The Kier molecular flexibility index (Phi) is 8.78. The van der Waals surface area contributed by atoms with Crippen LogP contribution in [-0.4, -0.2) is 49.6 Å². The van der Waals surface area contributed by atoms with Crippen molar-refractivity contribution in [2.75, 3.05) is 26.8 Å². The number of carbonyl (C=O) groups excluding carboxylic acids is 3. The number of ether oxygens (including phenoxy) is 2. The molecule has 0 aliphatic rings. The Morgan fingerprint density at radius 2 is 1.58 bits per heavy atom. The fourth-order valence-electron chi connectivity index (χ4n) is 1.11. The number of amides is 1. The molecule has 0 rings (SSSR count). The molecule has 0 aromatic rings. The van der Waals surface area contributed by atoms with Gasteiger partial charge < -0.3 is 14.4 Å². The van der Waals surface area contributed by atoms with Gasteiger partial charge in [0.05, 0.1) is 13.2 Å². The second-order valence-electron chi connectivity index (χ2n) is 3.66. The van der Waals surface area contributed by atoms with E-state index in [1.165, 1.54) is 4.90 Å². The lowest BCUT2D eigenvalue weighted by molar-refractivity contribution is -0.140. The molecule has 6 nitrogen and oxygen atoms in total. The van der Waals surface area contributed by atoms with Crippen LogP contribution in [0.1, 0.15) is 12.8 Å². The van der Waals surface area contributed by atoms with Crippen LogP contribution in [0.2, 0.25) is 0 Å². The van der Waals surface area contributed by atoms with Crippen LogP contribution in [-0.2, 0) is 23.9 Å². The fourth-order valence-corrected chi connectivity index (χ4v) is 1.11. The zero-order chi connectivity index (χ0) is 14.7. The van der Waals surface area contributed by atoms with Gasteiger partial charge in [0.1, 0.15) is 6.61 Å². The van der Waals surface area contributed by atoms with E-state index < -0.39 is 11.9 Å². The summed E-state index contributed by atoms with van der Waals surface area (Å²) in [6, 6.07) is 0. The van der Waals surface area contributed by atoms with Gasteiger partial charge in [-0.1, -0.05) is 13.2 Å². The molecule has 0 bridgehead atoms. The van der Waals surface area contributed by atoms with E-state index in [9.17, 15) is 14.4 Å². The monoisotopic (exact) mass is 269 g/mol. The standard InChI is InChI=1S/C13H19NO5/c1-4-12(16)18-9-6-7-11(15)14(3)8-10-19-13(17)5-2/h4-5H,1-2,6-10H2,3H3. The van der Waals surface area contributed by atoms with Gasteiger partial charge in [0.25, 0.3) is 0 Å². The Balaban J connectivity index is 3.70. The molecule has 0 atom stereocenters. The molecule has 0 saturated carbocycles. The molecule has 106 valence electrons. The highest BCUT2D eigenvalue weighted by molar-refractivity contribution is 5.81. The summed E-state index contributed by atoms with van der Waals surface area (Å²) in [5.74, 6) is -1.13. The highest BCUT2D eigenvalue weighted by atomic mass is 16.5. The van der Waals surface area contributed by atoms with Gasteiger partial charge in [-0.15, -0.1) is 0 Å². The number of likely N-dealkylation sites (N-methyl/N-ethyl adjacent to an activating group) is 1. The van der Waals surface area contributed by atoms with Gasteiger partial charge in [-0.3, -0.25) is 4.79 Å². The SMILES string of the molecule is C=CC(=O)OCCCC(=O)N(C)CCOC(=O)C=C. The summed E-state index contributed by atoms with van der Waals surface area (Å²) in [4.78, 5) is 34.6. The van der Waals surface area contributed by atoms with Gasteiger partial charge in [0.2, 0.25) is 5.91 Å². The second-order valence-corrected chi connectivity index (χ2v) is 3.66. The third kappa shape index (κ3) is 8.59. The maximum atomic E-state index is 11.6. The smallest absolute Gasteiger partial charge is 0.330 e. The summed E-state index contributed by atoms with van der Waals surface area (Å²) in [5.41, 5.74) is 0. The zero-order valence-corrected chi connectivity index (χ0v) is 11.1. The topological polar surface area (TPSA) is 72.9 Å². The van der Waals surface area contributed by atoms with Crippen LogP contribution in [0.5, 0.6) is 0 Å². The van der Waals surface area contributed by atoms with Crippen molar-refractivity contribution in [1.29, 1.82) is 0 Å². The first kappa shape index (κ1) is 16.9. The predicted octanol–water partition coefficient (Wildman–Crippen LogP) is 0.683. The molecule has 0 fully saturated rings. The third-order valence-corrected chi connectivity index (χ3v) is 2.21. The summed E-state index contributed by atoms with van der Waals surface area (Å²) in [7, 11) is 1.61. The van der Waals surface area contributed by atoms with Crippen LogP contribution in [0.25, 0.3) is 0 Å². The number of hydrogen-bond acceptors (Lipinski definition) is 5. The van der Waals surface area contributed by atoms with Crippen LogP contribution < -0.4 is 0 Å². The van der Waals surface area contributed by atoms with Gasteiger partial charge in [-0.05, 0) is 6.42 Å². The van der Waals surface area contributed by atoms with Crippen LogP contribution in [0.4, 0.5) is 0 Å². The largest absolute Gasteiger partial charge is 0.463 e. The molecular formula is C13H19NO5. The Labute approximate surface area is 112 Å². The lowest BCUT2D eigenvalue weighted by Gasteiger charge is -2.16. The Hall–Kier alpha value is -2.11. The third-order valence-electron chi connectivity index (χ3n) is 2.21. The second kappa shape index (κ2) is 9.87. The molecule has 0 spiro atoms. The van der Waals surface area contributed by atoms with Gasteiger partial charge >= 0.3 is 11.9 Å². The van der Waals surface area contributed by atoms with Crippen molar-refractivity contribution < 1.29 is 23.9 Å². The van der Waals surface area contributed by atoms with E-state index in [4.69, 9.17) is 9.47 Å². The van der Waals surface area contributed by atoms with Gasteiger partial charge in [-0.25, -0.2) is 9.59 Å². The lowest BCUT2D eigenvalue weighted by atomic mass is 10.3. The average Bonchev–Trinajstić information content (AvgIpc) is 2.42. The summed E-state index contributed by atoms with van der Waals surface area (Å²) in [6.07, 6.45) is 2.84. The number of hydrogen-bond donors (Lipinski definition) is 0. The molecule has 0 aliphatic carbocycles. The zero-order valence-electron chi connectivity index (χ0n) is 11.1. The van der Waals surface area contributed by atoms with Crippen molar-refractivity contribution >= 4 is 17.8 Å². The average molecular weight is 269 g/mol. The maximum Gasteiger partial charge on any atom is 0.330 e. The van der Waals surface area contributed by atoms with Gasteiger partial charge in [0, 0.05) is 25.6 Å². The summed E-state index contributed by atoms with van der Waals surface area (Å²) < 4.78 is 9.49. The lowest BCUT2D eigenvalue weighted by Crippen LogP contribution is -2.30. The van der Waals surface area contributed by atoms with Gasteiger partial charge in [0.15, 0.2) is 0 Å². The summed E-state index contributed by atoms with van der Waals surface area (Å²) >= 11 is 0. The molecule has 0 saturated heterocycles. The molecule has 0 N–H and O–H groups in total. The molecule has 0 aromatic heterocycles. The highest BCUT2D eigenvalue weighted by Gasteiger charge is 2.09. The van der Waals surface area contributed by atoms with Crippen molar-refractivity contribution in [3.63, 3.8) is 0 Å². The van der Waals surface area contributed by atoms with Crippen molar-refractivity contribution in [2.24, 2.45) is 0 Å². The van der Waals surface area contributed by atoms with Crippen LogP contribution in [0.15, 0.2) is 25.3 Å². The van der Waals surface area contributed by atoms with E-state index in [0.29, 0.717) is 13.0 Å². The van der Waals surface area contributed by atoms with Crippen LogP contribution >= 0.6 is 0 Å². The van der Waals surface area contributed by atoms with E-state index in [-0.39, 0.29) is 25.5 Å². The van der Waals surface area contributed by atoms with E-state index in [2.05, 4.69) is 13.2 Å². The molecule has 1 amide bonds. The first-order valence-corrected chi connectivity index (χ1v) is 5.83. The van der Waals surface area contributed by atoms with Gasteiger partial charge in [-0.2, -0.15) is 0 Å². The molecule has 19 heavy (non-hydrogen) atoms. The van der Waals surface area contributed by atoms with Crippen molar-refractivity contribution in [2.45, 2.75) is 12.8 Å². The number of rotatable bonds is 9. The highest BCUT2D eigenvalue weighted by Crippen LogP contribution is 1.97. The molecule has 0 heterocycles. The molecular weight excluding hydrogens is 250 g/mol.